The van der Waals surface area contributed by atoms with E-state index >= 15 is 0 Å². The molecule has 0 aromatic heterocycles. The van der Waals surface area contributed by atoms with E-state index in [1.54, 1.807) is 18.3 Å². The van der Waals surface area contributed by atoms with Gasteiger partial charge in [-0.25, -0.2) is 10.2 Å². The predicted octanol–water partition coefficient (Wildman–Crippen LogP) is 3.94. The van der Waals surface area contributed by atoms with E-state index in [2.05, 4.69) is 15.8 Å². The number of carbonyl (C=O) groups excluding carboxylic acids is 1. The standard InChI is InChI=1S/C18H22ClN3O/c19-16-3-1-12(2-4-16)11-20-22-17(23)21-18-8-13-5-14(9-18)7-15(6-13)10-18/h1-4,11,13-15H,5-10H2,(H2,21,22,23)/b20-11-. The van der Waals surface area contributed by atoms with Crippen molar-refractivity contribution >= 4 is 23.8 Å². The SMILES string of the molecule is O=C(N/N=C\c1ccc(Cl)cc1)NC12CC3CC(CC(C3)C1)C2. The van der Waals surface area contributed by atoms with Crippen LogP contribution in [0.25, 0.3) is 0 Å². The Kier molecular flexibility index (Phi) is 3.80. The molecule has 2 N–H and O–H groups in total. The Hall–Kier alpha value is -1.55. The van der Waals surface area contributed by atoms with Crippen LogP contribution in [-0.4, -0.2) is 17.8 Å². The van der Waals surface area contributed by atoms with Gasteiger partial charge in [0.25, 0.3) is 0 Å². The maximum Gasteiger partial charge on any atom is 0.335 e. The van der Waals surface area contributed by atoms with Crippen LogP contribution < -0.4 is 10.7 Å². The first kappa shape index (κ1) is 15.0. The van der Waals surface area contributed by atoms with Crippen molar-refractivity contribution in [3.63, 3.8) is 0 Å². The zero-order valence-corrected chi connectivity index (χ0v) is 13.9. The molecule has 5 heteroatoms. The third kappa shape index (κ3) is 3.23. The van der Waals surface area contributed by atoms with Crippen LogP contribution in [0.2, 0.25) is 5.02 Å². The fourth-order valence-electron chi connectivity index (χ4n) is 5.25. The number of urea groups is 1. The molecule has 4 aliphatic rings. The van der Waals surface area contributed by atoms with Crippen molar-refractivity contribution in [2.75, 3.05) is 0 Å². The summed E-state index contributed by atoms with van der Waals surface area (Å²) in [5, 5.41) is 7.96. The van der Waals surface area contributed by atoms with E-state index < -0.39 is 0 Å². The fourth-order valence-corrected chi connectivity index (χ4v) is 5.37. The van der Waals surface area contributed by atoms with Crippen molar-refractivity contribution in [3.8, 4) is 0 Å². The molecule has 1 aromatic rings. The highest BCUT2D eigenvalue weighted by Crippen LogP contribution is 2.55. The molecule has 0 spiro atoms. The van der Waals surface area contributed by atoms with E-state index in [-0.39, 0.29) is 11.6 Å². The highest BCUT2D eigenvalue weighted by molar-refractivity contribution is 6.30. The zero-order chi connectivity index (χ0) is 15.9. The first-order valence-corrected chi connectivity index (χ1v) is 8.85. The van der Waals surface area contributed by atoms with Crippen LogP contribution in [0.3, 0.4) is 0 Å². The van der Waals surface area contributed by atoms with E-state index in [4.69, 9.17) is 11.6 Å². The zero-order valence-electron chi connectivity index (χ0n) is 13.1. The summed E-state index contributed by atoms with van der Waals surface area (Å²) < 4.78 is 0. The Morgan fingerprint density at radius 1 is 1.09 bits per heavy atom. The summed E-state index contributed by atoms with van der Waals surface area (Å²) in [6, 6.07) is 7.16. The summed E-state index contributed by atoms with van der Waals surface area (Å²) in [6.07, 6.45) is 9.19. The van der Waals surface area contributed by atoms with Crippen molar-refractivity contribution in [1.82, 2.24) is 10.7 Å². The summed E-state index contributed by atoms with van der Waals surface area (Å²) in [6.45, 7) is 0. The van der Waals surface area contributed by atoms with Crippen LogP contribution in [0.4, 0.5) is 4.79 Å². The van der Waals surface area contributed by atoms with Crippen molar-refractivity contribution in [2.45, 2.75) is 44.1 Å². The van der Waals surface area contributed by atoms with E-state index in [1.165, 1.54) is 19.3 Å². The number of nitrogens with zero attached hydrogens (tertiary/aromatic N) is 1. The molecule has 5 rings (SSSR count). The third-order valence-electron chi connectivity index (χ3n) is 5.67. The summed E-state index contributed by atoms with van der Waals surface area (Å²) in [4.78, 5) is 12.2. The third-order valence-corrected chi connectivity index (χ3v) is 5.92. The maximum absolute atomic E-state index is 12.2. The molecule has 122 valence electrons. The number of hydrogen-bond donors (Lipinski definition) is 2. The number of nitrogens with one attached hydrogen (secondary N) is 2. The largest absolute Gasteiger partial charge is 0.335 e. The minimum atomic E-state index is -0.183. The van der Waals surface area contributed by atoms with Crippen molar-refractivity contribution in [3.05, 3.63) is 34.9 Å². The molecular weight excluding hydrogens is 310 g/mol. The number of benzene rings is 1. The molecule has 0 heterocycles. The quantitative estimate of drug-likeness (QED) is 0.639. The van der Waals surface area contributed by atoms with Gasteiger partial charge in [-0.15, -0.1) is 0 Å². The van der Waals surface area contributed by atoms with E-state index in [0.29, 0.717) is 5.02 Å². The molecule has 4 fully saturated rings. The summed E-state index contributed by atoms with van der Waals surface area (Å²) in [5.41, 5.74) is 3.54. The van der Waals surface area contributed by atoms with Crippen molar-refractivity contribution < 1.29 is 4.79 Å². The van der Waals surface area contributed by atoms with Gasteiger partial charge in [-0.3, -0.25) is 0 Å². The molecule has 0 aliphatic heterocycles. The molecule has 2 amide bonds. The molecule has 4 saturated carbocycles. The van der Waals surface area contributed by atoms with Gasteiger partial charge in [-0.1, -0.05) is 23.7 Å². The molecule has 23 heavy (non-hydrogen) atoms. The van der Waals surface area contributed by atoms with Gasteiger partial charge in [0, 0.05) is 10.6 Å². The van der Waals surface area contributed by atoms with Gasteiger partial charge in [-0.05, 0) is 74.0 Å². The molecule has 0 atom stereocenters. The molecule has 4 nitrogen and oxygen atoms in total. The van der Waals surface area contributed by atoms with Crippen LogP contribution in [0.1, 0.15) is 44.1 Å². The average Bonchev–Trinajstić information content (AvgIpc) is 2.47. The minimum absolute atomic E-state index is 0.0224. The highest BCUT2D eigenvalue weighted by Gasteiger charge is 2.51. The number of amides is 2. The summed E-state index contributed by atoms with van der Waals surface area (Å²) in [5.74, 6) is 2.46. The van der Waals surface area contributed by atoms with E-state index in [1.807, 2.05) is 12.1 Å². The molecule has 0 unspecified atom stereocenters. The van der Waals surface area contributed by atoms with Crippen LogP contribution >= 0.6 is 11.6 Å². The van der Waals surface area contributed by atoms with Crippen molar-refractivity contribution in [2.24, 2.45) is 22.9 Å². The van der Waals surface area contributed by atoms with Crippen LogP contribution in [-0.2, 0) is 0 Å². The fraction of sp³-hybridized carbons (Fsp3) is 0.556. The maximum atomic E-state index is 12.2. The Labute approximate surface area is 141 Å². The van der Waals surface area contributed by atoms with Crippen LogP contribution in [0.5, 0.6) is 0 Å². The normalized spacial score (nSPS) is 34.7. The molecule has 4 bridgehead atoms. The second-order valence-electron chi connectivity index (χ2n) is 7.57. The molecule has 1 aromatic carbocycles. The van der Waals surface area contributed by atoms with Crippen LogP contribution in [0, 0.1) is 17.8 Å². The Balaban J connectivity index is 1.34. The average molecular weight is 332 g/mol. The number of hydrogen-bond acceptors (Lipinski definition) is 2. The first-order chi connectivity index (χ1) is 11.1. The van der Waals surface area contributed by atoms with E-state index in [0.717, 1.165) is 42.6 Å². The van der Waals surface area contributed by atoms with E-state index in [9.17, 15) is 4.79 Å². The second-order valence-corrected chi connectivity index (χ2v) is 8.01. The summed E-state index contributed by atoms with van der Waals surface area (Å²) in [7, 11) is 0. The van der Waals surface area contributed by atoms with Gasteiger partial charge in [0.1, 0.15) is 0 Å². The Morgan fingerprint density at radius 2 is 1.65 bits per heavy atom. The summed E-state index contributed by atoms with van der Waals surface area (Å²) >= 11 is 5.84. The predicted molar refractivity (Wildman–Crippen MR) is 91.6 cm³/mol. The van der Waals surface area contributed by atoms with Gasteiger partial charge >= 0.3 is 6.03 Å². The monoisotopic (exact) mass is 331 g/mol. The van der Waals surface area contributed by atoms with Crippen molar-refractivity contribution in [1.29, 1.82) is 0 Å². The molecule has 0 radical (unpaired) electrons. The Morgan fingerprint density at radius 3 is 2.22 bits per heavy atom. The lowest BCUT2D eigenvalue weighted by Crippen LogP contribution is -2.61. The van der Waals surface area contributed by atoms with Gasteiger partial charge in [0.05, 0.1) is 6.21 Å². The molecule has 0 saturated heterocycles. The number of halogens is 1. The Bertz CT molecular complexity index is 590. The lowest BCUT2D eigenvalue weighted by Gasteiger charge is -2.56. The second kappa shape index (κ2) is 5.82. The molecule has 4 aliphatic carbocycles. The first-order valence-electron chi connectivity index (χ1n) is 8.47. The number of rotatable bonds is 3. The van der Waals surface area contributed by atoms with Crippen LogP contribution in [0.15, 0.2) is 29.4 Å². The number of carbonyl (C=O) groups is 1. The highest BCUT2D eigenvalue weighted by atomic mass is 35.5. The lowest BCUT2D eigenvalue weighted by molar-refractivity contribution is -0.0135. The lowest BCUT2D eigenvalue weighted by atomic mass is 9.53. The van der Waals surface area contributed by atoms with Gasteiger partial charge < -0.3 is 5.32 Å². The topological polar surface area (TPSA) is 53.5 Å². The smallest absolute Gasteiger partial charge is 0.331 e. The van der Waals surface area contributed by atoms with Gasteiger partial charge in [0.2, 0.25) is 0 Å². The van der Waals surface area contributed by atoms with Gasteiger partial charge in [0.15, 0.2) is 0 Å². The van der Waals surface area contributed by atoms with Gasteiger partial charge in [-0.2, -0.15) is 5.10 Å². The molecular formula is C18H22ClN3O. The minimum Gasteiger partial charge on any atom is -0.331 e. The number of hydrazone groups is 1.